The third-order valence-electron chi connectivity index (χ3n) is 4.02. The number of hydrogen-bond acceptors (Lipinski definition) is 2. The van der Waals surface area contributed by atoms with Gasteiger partial charge in [0.15, 0.2) is 0 Å². The van der Waals surface area contributed by atoms with E-state index >= 15 is 0 Å². The summed E-state index contributed by atoms with van der Waals surface area (Å²) < 4.78 is 0. The molecule has 0 saturated heterocycles. The minimum absolute atomic E-state index is 0.193. The van der Waals surface area contributed by atoms with Crippen LogP contribution in [0.15, 0.2) is 24.3 Å². The number of aryl methyl sites for hydroxylation is 1. The number of carbonyl (C=O) groups is 1. The monoisotopic (exact) mass is 291 g/mol. The summed E-state index contributed by atoms with van der Waals surface area (Å²) in [5.41, 5.74) is 2.37. The van der Waals surface area contributed by atoms with Crippen LogP contribution in [-0.4, -0.2) is 24.2 Å². The second-order valence-electron chi connectivity index (χ2n) is 5.84. The molecule has 0 fully saturated rings. The molecule has 0 aliphatic rings. The molecular weight excluding hydrogens is 262 g/mol. The van der Waals surface area contributed by atoms with Crippen molar-refractivity contribution in [3.05, 3.63) is 29.8 Å². The molecule has 1 aromatic rings. The van der Waals surface area contributed by atoms with Crippen molar-refractivity contribution in [1.29, 1.82) is 0 Å². The van der Waals surface area contributed by atoms with Gasteiger partial charge in [0, 0.05) is 18.8 Å². The molecular formula is C18H29NO2. The van der Waals surface area contributed by atoms with Crippen LogP contribution in [0, 0.1) is 12.8 Å². The maximum atomic E-state index is 10.9. The van der Waals surface area contributed by atoms with Gasteiger partial charge in [0.05, 0.1) is 6.42 Å². The predicted octanol–water partition coefficient (Wildman–Crippen LogP) is 4.49. The Kier molecular flexibility index (Phi) is 7.88. The van der Waals surface area contributed by atoms with Gasteiger partial charge in [-0.15, -0.1) is 0 Å². The van der Waals surface area contributed by atoms with Gasteiger partial charge >= 0.3 is 5.97 Å². The quantitative estimate of drug-likeness (QED) is 0.690. The highest BCUT2D eigenvalue weighted by Gasteiger charge is 2.14. The molecule has 0 heterocycles. The third kappa shape index (κ3) is 6.65. The molecule has 3 nitrogen and oxygen atoms in total. The minimum atomic E-state index is -0.728. The molecule has 0 aliphatic carbocycles. The van der Waals surface area contributed by atoms with E-state index in [4.69, 9.17) is 5.11 Å². The largest absolute Gasteiger partial charge is 0.481 e. The van der Waals surface area contributed by atoms with E-state index in [2.05, 4.69) is 49.9 Å². The van der Waals surface area contributed by atoms with E-state index in [0.29, 0.717) is 12.5 Å². The highest BCUT2D eigenvalue weighted by molar-refractivity contribution is 5.67. The molecule has 1 N–H and O–H groups in total. The summed E-state index contributed by atoms with van der Waals surface area (Å²) in [5, 5.41) is 8.96. The first-order valence-corrected chi connectivity index (χ1v) is 8.10. The van der Waals surface area contributed by atoms with Crippen molar-refractivity contribution in [2.24, 2.45) is 5.92 Å². The lowest BCUT2D eigenvalue weighted by Crippen LogP contribution is -2.31. The summed E-state index contributed by atoms with van der Waals surface area (Å²) in [7, 11) is 0. The average molecular weight is 291 g/mol. The molecule has 0 saturated carbocycles. The predicted molar refractivity (Wildman–Crippen MR) is 89.0 cm³/mol. The average Bonchev–Trinajstić information content (AvgIpc) is 2.47. The van der Waals surface area contributed by atoms with E-state index in [1.807, 2.05) is 0 Å². The fraction of sp³-hybridized carbons (Fsp3) is 0.611. The number of nitrogens with zero attached hydrogens (tertiary/aromatic N) is 1. The summed E-state index contributed by atoms with van der Waals surface area (Å²) in [4.78, 5) is 13.1. The second-order valence-corrected chi connectivity index (χ2v) is 5.84. The summed E-state index contributed by atoms with van der Waals surface area (Å²) in [6.45, 7) is 8.05. The molecule has 1 rings (SSSR count). The highest BCUT2D eigenvalue weighted by atomic mass is 16.4. The zero-order valence-corrected chi connectivity index (χ0v) is 13.6. The molecule has 0 radical (unpaired) electrons. The van der Waals surface area contributed by atoms with Crippen LogP contribution >= 0.6 is 0 Å². The first-order valence-electron chi connectivity index (χ1n) is 8.10. The number of rotatable bonds is 10. The standard InChI is InChI=1S/C18H29NO2/c1-4-6-7-16(5-2)14-19(13-12-18(20)21)17-10-8-15(3)9-11-17/h8-11,16H,4-7,12-14H2,1-3H3,(H,20,21). The zero-order valence-electron chi connectivity index (χ0n) is 13.6. The van der Waals surface area contributed by atoms with E-state index in [1.54, 1.807) is 0 Å². The van der Waals surface area contributed by atoms with Gasteiger partial charge in [-0.05, 0) is 31.4 Å². The molecule has 118 valence electrons. The third-order valence-corrected chi connectivity index (χ3v) is 4.02. The molecule has 1 aromatic carbocycles. The van der Waals surface area contributed by atoms with Gasteiger partial charge < -0.3 is 10.0 Å². The topological polar surface area (TPSA) is 40.5 Å². The van der Waals surface area contributed by atoms with Crippen LogP contribution in [0.3, 0.4) is 0 Å². The Labute approximate surface area is 129 Å². The van der Waals surface area contributed by atoms with Crippen molar-refractivity contribution in [3.8, 4) is 0 Å². The van der Waals surface area contributed by atoms with E-state index in [9.17, 15) is 4.79 Å². The van der Waals surface area contributed by atoms with Crippen molar-refractivity contribution in [3.63, 3.8) is 0 Å². The Balaban J connectivity index is 2.75. The summed E-state index contributed by atoms with van der Waals surface area (Å²) in [6, 6.07) is 8.39. The summed E-state index contributed by atoms with van der Waals surface area (Å²) >= 11 is 0. The van der Waals surface area contributed by atoms with Gasteiger partial charge in [0.1, 0.15) is 0 Å². The molecule has 1 unspecified atom stereocenters. The number of hydrogen-bond donors (Lipinski definition) is 1. The molecule has 21 heavy (non-hydrogen) atoms. The molecule has 0 aromatic heterocycles. The van der Waals surface area contributed by atoms with Gasteiger partial charge in [-0.2, -0.15) is 0 Å². The molecule has 1 atom stereocenters. The Morgan fingerprint density at radius 1 is 1.24 bits per heavy atom. The van der Waals surface area contributed by atoms with Crippen LogP contribution in [0.4, 0.5) is 5.69 Å². The Morgan fingerprint density at radius 3 is 2.43 bits per heavy atom. The summed E-state index contributed by atoms with van der Waals surface area (Å²) in [5.74, 6) is -0.0891. The fourth-order valence-corrected chi connectivity index (χ4v) is 2.54. The van der Waals surface area contributed by atoms with Crippen molar-refractivity contribution in [1.82, 2.24) is 0 Å². The minimum Gasteiger partial charge on any atom is -0.481 e. The first kappa shape index (κ1) is 17.5. The smallest absolute Gasteiger partial charge is 0.305 e. The van der Waals surface area contributed by atoms with Gasteiger partial charge in [-0.25, -0.2) is 0 Å². The molecule has 0 aliphatic heterocycles. The Morgan fingerprint density at radius 2 is 1.90 bits per heavy atom. The van der Waals surface area contributed by atoms with Gasteiger partial charge in [0.2, 0.25) is 0 Å². The second kappa shape index (κ2) is 9.43. The summed E-state index contributed by atoms with van der Waals surface area (Å²) in [6.07, 6.45) is 5.03. The number of unbranched alkanes of at least 4 members (excludes halogenated alkanes) is 1. The zero-order chi connectivity index (χ0) is 15.7. The SMILES string of the molecule is CCCCC(CC)CN(CCC(=O)O)c1ccc(C)cc1. The van der Waals surface area contributed by atoms with Crippen LogP contribution < -0.4 is 4.90 Å². The first-order chi connectivity index (χ1) is 10.1. The van der Waals surface area contributed by atoms with E-state index in [1.165, 1.54) is 24.8 Å². The lowest BCUT2D eigenvalue weighted by Gasteiger charge is -2.29. The molecule has 0 bridgehead atoms. The van der Waals surface area contributed by atoms with E-state index in [-0.39, 0.29) is 6.42 Å². The van der Waals surface area contributed by atoms with Crippen LogP contribution in [-0.2, 0) is 4.79 Å². The Bertz CT molecular complexity index is 414. The van der Waals surface area contributed by atoms with Crippen molar-refractivity contribution >= 4 is 11.7 Å². The van der Waals surface area contributed by atoms with Crippen molar-refractivity contribution in [2.75, 3.05) is 18.0 Å². The molecule has 3 heteroatoms. The van der Waals surface area contributed by atoms with Crippen LogP contribution in [0.25, 0.3) is 0 Å². The molecule has 0 amide bonds. The van der Waals surface area contributed by atoms with Gasteiger partial charge in [-0.1, -0.05) is 50.8 Å². The normalized spacial score (nSPS) is 12.1. The van der Waals surface area contributed by atoms with Crippen LogP contribution in [0.1, 0.15) is 51.5 Å². The molecule has 0 spiro atoms. The highest BCUT2D eigenvalue weighted by Crippen LogP contribution is 2.21. The van der Waals surface area contributed by atoms with Crippen molar-refractivity contribution < 1.29 is 9.90 Å². The Hall–Kier alpha value is -1.51. The van der Waals surface area contributed by atoms with E-state index < -0.39 is 5.97 Å². The van der Waals surface area contributed by atoms with E-state index in [0.717, 1.165) is 18.7 Å². The number of carboxylic acid groups (broad SMARTS) is 1. The number of anilines is 1. The van der Waals surface area contributed by atoms with Gasteiger partial charge in [0.25, 0.3) is 0 Å². The van der Waals surface area contributed by atoms with Crippen LogP contribution in [0.2, 0.25) is 0 Å². The lowest BCUT2D eigenvalue weighted by atomic mass is 9.98. The fourth-order valence-electron chi connectivity index (χ4n) is 2.54. The van der Waals surface area contributed by atoms with Crippen LogP contribution in [0.5, 0.6) is 0 Å². The van der Waals surface area contributed by atoms with Crippen molar-refractivity contribution in [2.45, 2.75) is 52.9 Å². The lowest BCUT2D eigenvalue weighted by molar-refractivity contribution is -0.136. The number of carboxylic acids is 1. The maximum absolute atomic E-state index is 10.9. The maximum Gasteiger partial charge on any atom is 0.305 e. The number of benzene rings is 1. The van der Waals surface area contributed by atoms with Gasteiger partial charge in [-0.3, -0.25) is 4.79 Å². The number of aliphatic carboxylic acids is 1.